The number of guanidine groups is 1. The Morgan fingerprint density at radius 2 is 1.63 bits per heavy atom. The molecule has 0 fully saturated rings. The summed E-state index contributed by atoms with van der Waals surface area (Å²) in [6.45, 7) is 2.38. The molecule has 0 spiro atoms. The third-order valence-electron chi connectivity index (χ3n) is 5.30. The van der Waals surface area contributed by atoms with E-state index in [-0.39, 0.29) is 11.9 Å². The van der Waals surface area contributed by atoms with Gasteiger partial charge in [0.1, 0.15) is 5.82 Å². The van der Waals surface area contributed by atoms with Crippen molar-refractivity contribution >= 4 is 11.6 Å². The first-order valence-electron chi connectivity index (χ1n) is 9.28. The van der Waals surface area contributed by atoms with Gasteiger partial charge in [-0.05, 0) is 29.3 Å². The van der Waals surface area contributed by atoms with Gasteiger partial charge in [-0.15, -0.1) is 0 Å². The van der Waals surface area contributed by atoms with Crippen LogP contribution in [0.25, 0.3) is 0 Å². The Hall–Kier alpha value is -3.14. The van der Waals surface area contributed by atoms with Crippen molar-refractivity contribution in [2.45, 2.75) is 12.6 Å². The van der Waals surface area contributed by atoms with Crippen LogP contribution in [0.2, 0.25) is 0 Å². The Morgan fingerprint density at radius 3 is 2.44 bits per heavy atom. The fourth-order valence-electron chi connectivity index (χ4n) is 4.10. The number of anilines is 1. The van der Waals surface area contributed by atoms with Crippen LogP contribution in [-0.4, -0.2) is 23.9 Å². The quantitative estimate of drug-likeness (QED) is 0.682. The second-order valence-electron chi connectivity index (χ2n) is 6.96. The highest BCUT2D eigenvalue weighted by molar-refractivity contribution is 6.00. The van der Waals surface area contributed by atoms with Gasteiger partial charge in [-0.1, -0.05) is 60.7 Å². The van der Waals surface area contributed by atoms with E-state index in [0.717, 1.165) is 24.6 Å². The maximum Gasteiger partial charge on any atom is 0.202 e. The molecule has 5 rings (SSSR count). The summed E-state index contributed by atoms with van der Waals surface area (Å²) in [5.74, 6) is 0.800. The summed E-state index contributed by atoms with van der Waals surface area (Å²) in [6, 6.07) is 26.1. The van der Waals surface area contributed by atoms with E-state index in [1.807, 2.05) is 12.1 Å². The van der Waals surface area contributed by atoms with E-state index >= 15 is 0 Å². The molecule has 4 heteroatoms. The van der Waals surface area contributed by atoms with Gasteiger partial charge in [0.25, 0.3) is 0 Å². The average Bonchev–Trinajstić information content (AvgIpc) is 3.19. The zero-order valence-electron chi connectivity index (χ0n) is 14.9. The minimum atomic E-state index is -0.207. The van der Waals surface area contributed by atoms with Crippen LogP contribution in [0.3, 0.4) is 0 Å². The second-order valence-corrected chi connectivity index (χ2v) is 6.96. The van der Waals surface area contributed by atoms with Gasteiger partial charge in [0, 0.05) is 17.8 Å². The lowest BCUT2D eigenvalue weighted by molar-refractivity contribution is 0.373. The molecule has 2 aliphatic rings. The third kappa shape index (κ3) is 2.78. The Labute approximate surface area is 158 Å². The highest BCUT2D eigenvalue weighted by Crippen LogP contribution is 2.42. The molecular weight excluding hydrogens is 337 g/mol. The molecule has 2 heterocycles. The Kier molecular flexibility index (Phi) is 3.89. The molecule has 1 unspecified atom stereocenters. The lowest BCUT2D eigenvalue weighted by Crippen LogP contribution is -2.48. The predicted octanol–water partition coefficient (Wildman–Crippen LogP) is 4.61. The Bertz CT molecular complexity index is 982. The van der Waals surface area contributed by atoms with Crippen molar-refractivity contribution in [3.05, 3.63) is 101 Å². The van der Waals surface area contributed by atoms with Crippen LogP contribution < -0.4 is 4.90 Å². The van der Waals surface area contributed by atoms with Crippen molar-refractivity contribution in [2.24, 2.45) is 4.99 Å². The van der Waals surface area contributed by atoms with E-state index in [1.54, 1.807) is 0 Å². The van der Waals surface area contributed by atoms with Gasteiger partial charge in [-0.2, -0.15) is 0 Å². The minimum absolute atomic E-state index is 0.174. The first-order chi connectivity index (χ1) is 13.3. The smallest absolute Gasteiger partial charge is 0.202 e. The summed E-state index contributed by atoms with van der Waals surface area (Å²) >= 11 is 0. The van der Waals surface area contributed by atoms with Crippen LogP contribution in [0.4, 0.5) is 10.1 Å². The predicted molar refractivity (Wildman–Crippen MR) is 106 cm³/mol. The average molecular weight is 357 g/mol. The van der Waals surface area contributed by atoms with Gasteiger partial charge in [-0.25, -0.2) is 4.39 Å². The number of benzene rings is 3. The molecule has 134 valence electrons. The summed E-state index contributed by atoms with van der Waals surface area (Å²) in [7, 11) is 0. The van der Waals surface area contributed by atoms with Crippen LogP contribution in [0, 0.1) is 5.82 Å². The van der Waals surface area contributed by atoms with Crippen molar-refractivity contribution in [1.29, 1.82) is 0 Å². The lowest BCUT2D eigenvalue weighted by Gasteiger charge is -2.43. The number of aliphatic imine (C=N–C) groups is 1. The first kappa shape index (κ1) is 16.1. The molecule has 27 heavy (non-hydrogen) atoms. The van der Waals surface area contributed by atoms with Crippen molar-refractivity contribution in [1.82, 2.24) is 4.90 Å². The number of para-hydroxylation sites is 1. The molecule has 0 N–H and O–H groups in total. The van der Waals surface area contributed by atoms with Crippen molar-refractivity contribution in [2.75, 3.05) is 18.0 Å². The molecule has 0 saturated heterocycles. The molecule has 0 saturated carbocycles. The fourth-order valence-corrected chi connectivity index (χ4v) is 4.10. The molecule has 0 radical (unpaired) electrons. The van der Waals surface area contributed by atoms with Crippen LogP contribution in [0.5, 0.6) is 0 Å². The third-order valence-corrected chi connectivity index (χ3v) is 5.30. The van der Waals surface area contributed by atoms with Gasteiger partial charge in [-0.3, -0.25) is 4.99 Å². The molecule has 0 bridgehead atoms. The van der Waals surface area contributed by atoms with Gasteiger partial charge < -0.3 is 9.80 Å². The van der Waals surface area contributed by atoms with Gasteiger partial charge >= 0.3 is 0 Å². The number of hydrogen-bond acceptors (Lipinski definition) is 3. The van der Waals surface area contributed by atoms with E-state index in [0.29, 0.717) is 6.54 Å². The van der Waals surface area contributed by atoms with Crippen LogP contribution in [-0.2, 0) is 6.54 Å². The van der Waals surface area contributed by atoms with E-state index in [4.69, 9.17) is 4.99 Å². The van der Waals surface area contributed by atoms with Crippen LogP contribution in [0.1, 0.15) is 22.7 Å². The first-order valence-corrected chi connectivity index (χ1v) is 9.28. The highest BCUT2D eigenvalue weighted by Gasteiger charge is 2.38. The van der Waals surface area contributed by atoms with Crippen LogP contribution in [0.15, 0.2) is 83.9 Å². The number of fused-ring (bicyclic) bond motifs is 2. The number of rotatable bonds is 3. The Balaban J connectivity index is 1.61. The zero-order valence-corrected chi connectivity index (χ0v) is 14.9. The molecule has 0 aliphatic carbocycles. The van der Waals surface area contributed by atoms with Gasteiger partial charge in [0.2, 0.25) is 5.96 Å². The minimum Gasteiger partial charge on any atom is -0.329 e. The van der Waals surface area contributed by atoms with Gasteiger partial charge in [0.15, 0.2) is 0 Å². The molecule has 3 nitrogen and oxygen atoms in total. The Morgan fingerprint density at radius 1 is 0.889 bits per heavy atom. The largest absolute Gasteiger partial charge is 0.329 e. The maximum absolute atomic E-state index is 13.3. The van der Waals surface area contributed by atoms with E-state index < -0.39 is 0 Å². The SMILES string of the molecule is Fc1ccc(CN2C3=NCCN3C(c3ccccc3)c3ccccc32)cc1. The van der Waals surface area contributed by atoms with Crippen LogP contribution >= 0.6 is 0 Å². The number of halogens is 1. The molecular formula is C23H20FN3. The topological polar surface area (TPSA) is 18.8 Å². The summed E-state index contributed by atoms with van der Waals surface area (Å²) in [4.78, 5) is 9.47. The number of hydrogen-bond donors (Lipinski definition) is 0. The monoisotopic (exact) mass is 357 g/mol. The van der Waals surface area contributed by atoms with E-state index in [2.05, 4.69) is 64.4 Å². The fraction of sp³-hybridized carbons (Fsp3) is 0.174. The summed E-state index contributed by atoms with van der Waals surface area (Å²) in [5.41, 5.74) is 4.80. The zero-order chi connectivity index (χ0) is 18.2. The van der Waals surface area contributed by atoms with Crippen molar-refractivity contribution in [3.8, 4) is 0 Å². The summed E-state index contributed by atoms with van der Waals surface area (Å²) < 4.78 is 13.3. The lowest BCUT2D eigenvalue weighted by atomic mass is 9.93. The normalized spacial score (nSPS) is 18.1. The number of nitrogens with zero attached hydrogens (tertiary/aromatic N) is 3. The molecule has 0 aromatic heterocycles. The van der Waals surface area contributed by atoms with E-state index in [9.17, 15) is 4.39 Å². The molecule has 0 amide bonds. The van der Waals surface area contributed by atoms with Gasteiger partial charge in [0.05, 0.1) is 19.1 Å². The highest BCUT2D eigenvalue weighted by atomic mass is 19.1. The molecule has 1 atom stereocenters. The maximum atomic E-state index is 13.3. The standard InChI is InChI=1S/C23H20FN3/c24-19-12-10-17(11-13-19)16-27-21-9-5-4-8-20(21)22(18-6-2-1-3-7-18)26-15-14-25-23(26)27/h1-13,22H,14-16H2. The van der Waals surface area contributed by atoms with Crippen molar-refractivity contribution < 1.29 is 4.39 Å². The molecule has 3 aromatic carbocycles. The summed E-state index contributed by atoms with van der Waals surface area (Å²) in [6.07, 6.45) is 0. The molecule has 2 aliphatic heterocycles. The van der Waals surface area contributed by atoms with E-state index in [1.165, 1.54) is 28.9 Å². The van der Waals surface area contributed by atoms with Crippen molar-refractivity contribution in [3.63, 3.8) is 0 Å². The second kappa shape index (κ2) is 6.54. The molecule has 3 aromatic rings. The summed E-state index contributed by atoms with van der Waals surface area (Å²) in [5, 5.41) is 0.